The van der Waals surface area contributed by atoms with E-state index in [1.165, 1.54) is 38.5 Å². The van der Waals surface area contributed by atoms with Gasteiger partial charge in [0.25, 0.3) is 0 Å². The SMILES string of the molecule is CCCCCCCC(C)N1CCC(CC)(C(=O)O)C1. The van der Waals surface area contributed by atoms with E-state index in [9.17, 15) is 9.90 Å². The standard InChI is InChI=1S/C16H31NO2/c1-4-6-7-8-9-10-14(3)17-12-11-16(5-2,13-17)15(18)19/h14H,4-13H2,1-3H3,(H,18,19). The molecule has 112 valence electrons. The second-order valence-electron chi connectivity index (χ2n) is 6.21. The summed E-state index contributed by atoms with van der Waals surface area (Å²) in [5.74, 6) is -0.604. The molecule has 19 heavy (non-hydrogen) atoms. The number of unbranched alkanes of at least 4 members (excludes halogenated alkanes) is 4. The Morgan fingerprint density at radius 1 is 1.26 bits per heavy atom. The summed E-state index contributed by atoms with van der Waals surface area (Å²) in [6.45, 7) is 8.20. The van der Waals surface area contributed by atoms with Crippen LogP contribution in [0.15, 0.2) is 0 Å². The third kappa shape index (κ3) is 4.48. The van der Waals surface area contributed by atoms with Gasteiger partial charge in [-0.15, -0.1) is 0 Å². The summed E-state index contributed by atoms with van der Waals surface area (Å²) < 4.78 is 0. The lowest BCUT2D eigenvalue weighted by Gasteiger charge is -2.27. The van der Waals surface area contributed by atoms with Gasteiger partial charge in [0, 0.05) is 12.6 Å². The summed E-state index contributed by atoms with van der Waals surface area (Å²) in [6, 6.07) is 0.536. The average Bonchev–Trinajstić information content (AvgIpc) is 2.84. The molecule has 0 saturated carbocycles. The van der Waals surface area contributed by atoms with Gasteiger partial charge in [-0.05, 0) is 32.7 Å². The Kier molecular flexibility index (Phi) is 6.84. The predicted octanol–water partition coefficient (Wildman–Crippen LogP) is 3.92. The van der Waals surface area contributed by atoms with Gasteiger partial charge in [-0.2, -0.15) is 0 Å². The molecule has 0 aromatic rings. The molecule has 1 saturated heterocycles. The van der Waals surface area contributed by atoms with Crippen LogP contribution in [-0.4, -0.2) is 35.1 Å². The van der Waals surface area contributed by atoms with E-state index in [1.54, 1.807) is 0 Å². The molecule has 0 spiro atoms. The van der Waals surface area contributed by atoms with Crippen molar-refractivity contribution in [2.24, 2.45) is 5.41 Å². The minimum atomic E-state index is -0.604. The Balaban J connectivity index is 2.31. The molecule has 0 aromatic carbocycles. The number of hydrogen-bond acceptors (Lipinski definition) is 2. The van der Waals surface area contributed by atoms with E-state index in [0.29, 0.717) is 6.04 Å². The fraction of sp³-hybridized carbons (Fsp3) is 0.938. The topological polar surface area (TPSA) is 40.5 Å². The maximum absolute atomic E-state index is 11.4. The quantitative estimate of drug-likeness (QED) is 0.645. The number of nitrogens with zero attached hydrogens (tertiary/aromatic N) is 1. The molecule has 1 rings (SSSR count). The van der Waals surface area contributed by atoms with Crippen LogP contribution in [0.1, 0.15) is 72.1 Å². The van der Waals surface area contributed by atoms with E-state index in [0.717, 1.165) is 25.9 Å². The molecule has 0 aliphatic carbocycles. The van der Waals surface area contributed by atoms with Crippen molar-refractivity contribution in [3.05, 3.63) is 0 Å². The van der Waals surface area contributed by atoms with E-state index >= 15 is 0 Å². The number of rotatable bonds is 9. The van der Waals surface area contributed by atoms with Crippen LogP contribution in [0.25, 0.3) is 0 Å². The molecule has 3 heteroatoms. The van der Waals surface area contributed by atoms with Gasteiger partial charge in [0.1, 0.15) is 0 Å². The van der Waals surface area contributed by atoms with Crippen LogP contribution in [0, 0.1) is 5.41 Å². The molecule has 0 amide bonds. The van der Waals surface area contributed by atoms with E-state index in [-0.39, 0.29) is 0 Å². The third-order valence-electron chi connectivity index (χ3n) is 4.86. The first-order chi connectivity index (χ1) is 9.05. The zero-order valence-electron chi connectivity index (χ0n) is 13.0. The number of likely N-dealkylation sites (tertiary alicyclic amines) is 1. The highest BCUT2D eigenvalue weighted by Crippen LogP contribution is 2.35. The van der Waals surface area contributed by atoms with Crippen molar-refractivity contribution >= 4 is 5.97 Å². The molecule has 0 bridgehead atoms. The van der Waals surface area contributed by atoms with Crippen molar-refractivity contribution in [2.45, 2.75) is 78.2 Å². The molecule has 1 N–H and O–H groups in total. The summed E-state index contributed by atoms with van der Waals surface area (Å²) in [4.78, 5) is 13.8. The maximum atomic E-state index is 11.4. The van der Waals surface area contributed by atoms with Gasteiger partial charge < -0.3 is 5.11 Å². The summed E-state index contributed by atoms with van der Waals surface area (Å²) in [5.41, 5.74) is -0.476. The zero-order valence-corrected chi connectivity index (χ0v) is 13.0. The van der Waals surface area contributed by atoms with Crippen LogP contribution in [-0.2, 0) is 4.79 Å². The van der Waals surface area contributed by atoms with Crippen molar-refractivity contribution in [1.29, 1.82) is 0 Å². The van der Waals surface area contributed by atoms with E-state index in [2.05, 4.69) is 18.7 Å². The van der Waals surface area contributed by atoms with Crippen LogP contribution in [0.2, 0.25) is 0 Å². The third-order valence-corrected chi connectivity index (χ3v) is 4.86. The fourth-order valence-corrected chi connectivity index (χ4v) is 3.12. The van der Waals surface area contributed by atoms with Gasteiger partial charge in [0.15, 0.2) is 0 Å². The first kappa shape index (κ1) is 16.5. The molecule has 3 nitrogen and oxygen atoms in total. The maximum Gasteiger partial charge on any atom is 0.310 e. The molecule has 2 unspecified atom stereocenters. The van der Waals surface area contributed by atoms with Gasteiger partial charge >= 0.3 is 5.97 Å². The van der Waals surface area contributed by atoms with Crippen LogP contribution in [0.3, 0.4) is 0 Å². The van der Waals surface area contributed by atoms with Crippen LogP contribution >= 0.6 is 0 Å². The van der Waals surface area contributed by atoms with Crippen molar-refractivity contribution in [1.82, 2.24) is 4.90 Å². The Morgan fingerprint density at radius 2 is 1.95 bits per heavy atom. The molecule has 0 radical (unpaired) electrons. The van der Waals surface area contributed by atoms with Gasteiger partial charge in [-0.1, -0.05) is 46.0 Å². The Labute approximate surface area is 118 Å². The molecule has 1 fully saturated rings. The Bertz CT molecular complexity index is 280. The Hall–Kier alpha value is -0.570. The van der Waals surface area contributed by atoms with E-state index in [4.69, 9.17) is 0 Å². The molecular formula is C16H31NO2. The van der Waals surface area contributed by atoms with Crippen molar-refractivity contribution in [3.63, 3.8) is 0 Å². The van der Waals surface area contributed by atoms with Crippen molar-refractivity contribution in [3.8, 4) is 0 Å². The number of carboxylic acids is 1. The van der Waals surface area contributed by atoms with Crippen LogP contribution in [0.4, 0.5) is 0 Å². The zero-order chi connectivity index (χ0) is 14.3. The molecule has 1 heterocycles. The summed E-state index contributed by atoms with van der Waals surface area (Å²) in [6.07, 6.45) is 9.37. The highest BCUT2D eigenvalue weighted by Gasteiger charge is 2.44. The number of carbonyl (C=O) groups is 1. The van der Waals surface area contributed by atoms with Crippen molar-refractivity contribution in [2.75, 3.05) is 13.1 Å². The molecule has 2 atom stereocenters. The summed E-state index contributed by atoms with van der Waals surface area (Å²) >= 11 is 0. The average molecular weight is 269 g/mol. The predicted molar refractivity (Wildman–Crippen MR) is 79.4 cm³/mol. The number of hydrogen-bond donors (Lipinski definition) is 1. The van der Waals surface area contributed by atoms with E-state index < -0.39 is 11.4 Å². The first-order valence-corrected chi connectivity index (χ1v) is 8.03. The normalized spacial score (nSPS) is 25.6. The second kappa shape index (κ2) is 7.88. The molecule has 0 aromatic heterocycles. The summed E-state index contributed by atoms with van der Waals surface area (Å²) in [5, 5.41) is 9.41. The molecular weight excluding hydrogens is 238 g/mol. The minimum Gasteiger partial charge on any atom is -0.481 e. The largest absolute Gasteiger partial charge is 0.481 e. The number of carboxylic acid groups (broad SMARTS) is 1. The van der Waals surface area contributed by atoms with Crippen LogP contribution in [0.5, 0.6) is 0 Å². The fourth-order valence-electron chi connectivity index (χ4n) is 3.12. The lowest BCUT2D eigenvalue weighted by molar-refractivity contribution is -0.148. The van der Waals surface area contributed by atoms with Gasteiger partial charge in [-0.3, -0.25) is 9.69 Å². The monoisotopic (exact) mass is 269 g/mol. The minimum absolute atomic E-state index is 0.476. The lowest BCUT2D eigenvalue weighted by Crippen LogP contribution is -2.37. The number of aliphatic carboxylic acids is 1. The van der Waals surface area contributed by atoms with Crippen molar-refractivity contribution < 1.29 is 9.90 Å². The van der Waals surface area contributed by atoms with Gasteiger partial charge in [0.05, 0.1) is 5.41 Å². The second-order valence-corrected chi connectivity index (χ2v) is 6.21. The van der Waals surface area contributed by atoms with E-state index in [1.807, 2.05) is 6.92 Å². The Morgan fingerprint density at radius 3 is 2.47 bits per heavy atom. The molecule has 1 aliphatic rings. The van der Waals surface area contributed by atoms with Gasteiger partial charge in [-0.25, -0.2) is 0 Å². The lowest BCUT2D eigenvalue weighted by atomic mass is 9.84. The highest BCUT2D eigenvalue weighted by molar-refractivity contribution is 5.75. The summed E-state index contributed by atoms with van der Waals surface area (Å²) in [7, 11) is 0. The highest BCUT2D eigenvalue weighted by atomic mass is 16.4. The molecule has 1 aliphatic heterocycles. The first-order valence-electron chi connectivity index (χ1n) is 8.03. The van der Waals surface area contributed by atoms with Gasteiger partial charge in [0.2, 0.25) is 0 Å². The van der Waals surface area contributed by atoms with Crippen LogP contribution < -0.4 is 0 Å². The smallest absolute Gasteiger partial charge is 0.310 e.